The molecule has 0 aliphatic heterocycles. The Hall–Kier alpha value is -2.67. The first-order valence-electron chi connectivity index (χ1n) is 8.27. The number of hydrogen-bond donors (Lipinski definition) is 2. The Morgan fingerprint density at radius 2 is 2.04 bits per heavy atom. The van der Waals surface area contributed by atoms with Gasteiger partial charge in [-0.25, -0.2) is 4.98 Å². The molecule has 0 fully saturated rings. The second kappa shape index (κ2) is 8.62. The van der Waals surface area contributed by atoms with Gasteiger partial charge in [0.15, 0.2) is 16.7 Å². The fraction of sp³-hybridized carbons (Fsp3) is 0.263. The normalized spacial score (nSPS) is 10.7. The van der Waals surface area contributed by atoms with Gasteiger partial charge in [-0.3, -0.25) is 4.79 Å². The third-order valence-electron chi connectivity index (χ3n) is 3.71. The van der Waals surface area contributed by atoms with Crippen LogP contribution in [0.25, 0.3) is 11.0 Å². The summed E-state index contributed by atoms with van der Waals surface area (Å²) in [4.78, 5) is 19.7. The van der Waals surface area contributed by atoms with E-state index in [2.05, 4.69) is 15.3 Å². The fourth-order valence-corrected chi connectivity index (χ4v) is 3.16. The monoisotopic (exact) mass is 371 g/mol. The van der Waals surface area contributed by atoms with E-state index in [-0.39, 0.29) is 5.91 Å². The van der Waals surface area contributed by atoms with Crippen LogP contribution < -0.4 is 14.8 Å². The Kier molecular flexibility index (Phi) is 6.01. The van der Waals surface area contributed by atoms with Gasteiger partial charge < -0.3 is 19.8 Å². The number of carbonyl (C=O) groups excluding carboxylic acids is 1. The number of H-pyrrole nitrogens is 1. The molecule has 3 rings (SSSR count). The summed E-state index contributed by atoms with van der Waals surface area (Å²) in [5.41, 5.74) is 3.06. The van der Waals surface area contributed by atoms with Crippen LogP contribution in [-0.2, 0) is 4.79 Å². The largest absolute Gasteiger partial charge is 0.493 e. The van der Waals surface area contributed by atoms with Gasteiger partial charge in [-0.1, -0.05) is 30.0 Å². The Labute approximate surface area is 156 Å². The predicted octanol–water partition coefficient (Wildman–Crippen LogP) is 3.17. The van der Waals surface area contributed by atoms with E-state index in [1.807, 2.05) is 49.4 Å². The van der Waals surface area contributed by atoms with Crippen molar-refractivity contribution in [2.45, 2.75) is 12.1 Å². The molecule has 1 heterocycles. The molecule has 0 saturated heterocycles. The van der Waals surface area contributed by atoms with Crippen LogP contribution in [0.3, 0.4) is 0 Å². The van der Waals surface area contributed by atoms with Crippen LogP contribution in [0.5, 0.6) is 11.5 Å². The van der Waals surface area contributed by atoms with Crippen LogP contribution in [0.1, 0.15) is 5.56 Å². The lowest BCUT2D eigenvalue weighted by Gasteiger charge is -2.10. The van der Waals surface area contributed by atoms with E-state index in [1.165, 1.54) is 17.3 Å². The minimum atomic E-state index is -0.0599. The van der Waals surface area contributed by atoms with E-state index in [1.54, 1.807) is 7.11 Å². The first-order valence-corrected chi connectivity index (χ1v) is 9.26. The number of para-hydroxylation sites is 2. The molecule has 2 N–H and O–H groups in total. The van der Waals surface area contributed by atoms with Crippen LogP contribution in [0.15, 0.2) is 47.6 Å². The molecule has 0 radical (unpaired) electrons. The smallest absolute Gasteiger partial charge is 0.230 e. The van der Waals surface area contributed by atoms with Crippen LogP contribution in [0.2, 0.25) is 0 Å². The zero-order valence-electron chi connectivity index (χ0n) is 14.7. The molecule has 1 amide bonds. The number of imidazole rings is 1. The number of hydrogen-bond acceptors (Lipinski definition) is 5. The quantitative estimate of drug-likeness (QED) is 0.470. The molecule has 7 heteroatoms. The van der Waals surface area contributed by atoms with E-state index in [0.717, 1.165) is 16.2 Å². The van der Waals surface area contributed by atoms with Gasteiger partial charge in [0.25, 0.3) is 0 Å². The Balaban J connectivity index is 1.41. The van der Waals surface area contributed by atoms with Gasteiger partial charge in [-0.05, 0) is 36.8 Å². The summed E-state index contributed by atoms with van der Waals surface area (Å²) in [7, 11) is 1.60. The first kappa shape index (κ1) is 18.1. The van der Waals surface area contributed by atoms with E-state index in [9.17, 15) is 4.79 Å². The van der Waals surface area contributed by atoms with E-state index < -0.39 is 0 Å². The number of fused-ring (bicyclic) bond motifs is 1. The van der Waals surface area contributed by atoms with Gasteiger partial charge in [0.05, 0.1) is 30.4 Å². The Morgan fingerprint density at radius 1 is 1.23 bits per heavy atom. The van der Waals surface area contributed by atoms with E-state index >= 15 is 0 Å². The number of benzene rings is 2. The van der Waals surface area contributed by atoms with E-state index in [0.29, 0.717) is 30.4 Å². The molecule has 2 aromatic carbocycles. The van der Waals surface area contributed by atoms with Crippen molar-refractivity contribution >= 4 is 28.7 Å². The number of aryl methyl sites for hydroxylation is 1. The zero-order valence-corrected chi connectivity index (χ0v) is 15.6. The number of nitrogens with zero attached hydrogens (tertiary/aromatic N) is 1. The molecule has 0 aliphatic rings. The highest BCUT2D eigenvalue weighted by atomic mass is 32.2. The maximum Gasteiger partial charge on any atom is 0.230 e. The van der Waals surface area contributed by atoms with Crippen molar-refractivity contribution in [3.8, 4) is 11.5 Å². The van der Waals surface area contributed by atoms with Crippen molar-refractivity contribution in [3.05, 3.63) is 48.0 Å². The number of thioether (sulfide) groups is 1. The standard InChI is InChI=1S/C19H21N3O3S/c1-13-7-8-14-15(11-13)22-19(21-14)26-12-18(23)20-9-10-25-17-6-4-3-5-16(17)24-2/h3-8,11H,9-10,12H2,1-2H3,(H,20,23)(H,21,22). The topological polar surface area (TPSA) is 76.2 Å². The minimum absolute atomic E-state index is 0.0599. The van der Waals surface area contributed by atoms with Crippen LogP contribution in [0, 0.1) is 6.92 Å². The number of methoxy groups -OCH3 is 1. The number of ether oxygens (including phenoxy) is 2. The van der Waals surface area contributed by atoms with Crippen LogP contribution in [0.4, 0.5) is 0 Å². The van der Waals surface area contributed by atoms with Gasteiger partial charge in [0, 0.05) is 0 Å². The molecular weight excluding hydrogens is 350 g/mol. The molecule has 136 valence electrons. The lowest BCUT2D eigenvalue weighted by molar-refractivity contribution is -0.118. The summed E-state index contributed by atoms with van der Waals surface area (Å²) < 4.78 is 10.8. The van der Waals surface area contributed by atoms with Gasteiger partial charge in [0.1, 0.15) is 6.61 Å². The van der Waals surface area contributed by atoms with Crippen molar-refractivity contribution in [2.24, 2.45) is 0 Å². The highest BCUT2D eigenvalue weighted by Gasteiger charge is 2.07. The highest BCUT2D eigenvalue weighted by molar-refractivity contribution is 7.99. The van der Waals surface area contributed by atoms with Gasteiger partial charge in [0.2, 0.25) is 5.91 Å². The Morgan fingerprint density at radius 3 is 2.85 bits per heavy atom. The molecule has 0 aliphatic carbocycles. The second-order valence-corrected chi connectivity index (χ2v) is 6.66. The van der Waals surface area contributed by atoms with Crippen molar-refractivity contribution in [1.29, 1.82) is 0 Å². The number of rotatable bonds is 8. The molecule has 1 aromatic heterocycles. The first-order chi connectivity index (χ1) is 12.7. The molecule has 26 heavy (non-hydrogen) atoms. The maximum absolute atomic E-state index is 12.0. The summed E-state index contributed by atoms with van der Waals surface area (Å²) in [5.74, 6) is 1.58. The number of nitrogens with one attached hydrogen (secondary N) is 2. The van der Waals surface area contributed by atoms with Crippen LogP contribution >= 0.6 is 11.8 Å². The fourth-order valence-electron chi connectivity index (χ4n) is 2.44. The number of carbonyl (C=O) groups is 1. The van der Waals surface area contributed by atoms with Crippen molar-refractivity contribution in [3.63, 3.8) is 0 Å². The molecule has 0 spiro atoms. The predicted molar refractivity (Wildman–Crippen MR) is 103 cm³/mol. The van der Waals surface area contributed by atoms with Crippen molar-refractivity contribution < 1.29 is 14.3 Å². The molecule has 3 aromatic rings. The van der Waals surface area contributed by atoms with Crippen molar-refractivity contribution in [2.75, 3.05) is 26.0 Å². The van der Waals surface area contributed by atoms with Crippen molar-refractivity contribution in [1.82, 2.24) is 15.3 Å². The SMILES string of the molecule is COc1ccccc1OCCNC(=O)CSc1nc2ccc(C)cc2[nH]1. The van der Waals surface area contributed by atoms with Gasteiger partial charge in [-0.15, -0.1) is 0 Å². The lowest BCUT2D eigenvalue weighted by atomic mass is 10.2. The summed E-state index contributed by atoms with van der Waals surface area (Å²) in [6.45, 7) is 2.84. The molecule has 0 unspecified atom stereocenters. The molecule has 0 bridgehead atoms. The van der Waals surface area contributed by atoms with Gasteiger partial charge in [-0.2, -0.15) is 0 Å². The molecule has 0 atom stereocenters. The highest BCUT2D eigenvalue weighted by Crippen LogP contribution is 2.25. The summed E-state index contributed by atoms with van der Waals surface area (Å²) in [6, 6.07) is 13.5. The van der Waals surface area contributed by atoms with Crippen LogP contribution in [-0.4, -0.2) is 41.9 Å². The summed E-state index contributed by atoms with van der Waals surface area (Å²) >= 11 is 1.38. The third-order valence-corrected chi connectivity index (χ3v) is 4.58. The minimum Gasteiger partial charge on any atom is -0.493 e. The average Bonchev–Trinajstić information content (AvgIpc) is 3.06. The maximum atomic E-state index is 12.0. The molecule has 0 saturated carbocycles. The number of aromatic nitrogens is 2. The molecular formula is C19H21N3O3S. The second-order valence-electron chi connectivity index (χ2n) is 5.70. The Bertz CT molecular complexity index is 895. The van der Waals surface area contributed by atoms with Gasteiger partial charge >= 0.3 is 0 Å². The number of aromatic amines is 1. The average molecular weight is 371 g/mol. The summed E-state index contributed by atoms with van der Waals surface area (Å²) in [6.07, 6.45) is 0. The lowest BCUT2D eigenvalue weighted by Crippen LogP contribution is -2.29. The third kappa shape index (κ3) is 4.70. The molecule has 6 nitrogen and oxygen atoms in total. The summed E-state index contributed by atoms with van der Waals surface area (Å²) in [5, 5.41) is 3.58. The zero-order chi connectivity index (χ0) is 18.4. The van der Waals surface area contributed by atoms with E-state index in [4.69, 9.17) is 9.47 Å². The number of amides is 1.